The molecule has 94 valence electrons. The zero-order valence-corrected chi connectivity index (χ0v) is 10.3. The normalized spacial score (nSPS) is 20.7. The Kier molecular flexibility index (Phi) is 3.78. The third-order valence-electron chi connectivity index (χ3n) is 2.68. The summed E-state index contributed by atoms with van der Waals surface area (Å²) in [5.74, 6) is 0. The summed E-state index contributed by atoms with van der Waals surface area (Å²) in [6.07, 6.45) is 0.638. The van der Waals surface area contributed by atoms with Gasteiger partial charge in [-0.3, -0.25) is 0 Å². The Morgan fingerprint density at radius 3 is 2.31 bits per heavy atom. The minimum Gasteiger partial charge on any atom is -0.444 e. The van der Waals surface area contributed by atoms with Gasteiger partial charge < -0.3 is 15.4 Å². The van der Waals surface area contributed by atoms with Crippen molar-refractivity contribution in [2.24, 2.45) is 5.73 Å². The summed E-state index contributed by atoms with van der Waals surface area (Å²) in [7, 11) is 0. The summed E-state index contributed by atoms with van der Waals surface area (Å²) < 4.78 is 17.8. The number of nitrogens with two attached hydrogens (primary N) is 1. The summed E-state index contributed by atoms with van der Waals surface area (Å²) in [4.78, 5) is 13.3. The van der Waals surface area contributed by atoms with Crippen LogP contribution >= 0.6 is 0 Å². The van der Waals surface area contributed by atoms with Crippen LogP contribution in [0.25, 0.3) is 0 Å². The molecule has 0 spiro atoms. The van der Waals surface area contributed by atoms with Gasteiger partial charge in [0.05, 0.1) is 0 Å². The Labute approximate surface area is 95.9 Å². The molecule has 0 aromatic carbocycles. The zero-order valence-electron chi connectivity index (χ0n) is 10.3. The number of carbonyl (C=O) groups excluding carboxylic acids is 1. The third-order valence-corrected chi connectivity index (χ3v) is 2.68. The van der Waals surface area contributed by atoms with Crippen LogP contribution < -0.4 is 5.73 Å². The molecule has 5 heteroatoms. The van der Waals surface area contributed by atoms with Crippen LogP contribution in [0, 0.1) is 0 Å². The number of hydrogen-bond donors (Lipinski definition) is 1. The van der Waals surface area contributed by atoms with Crippen molar-refractivity contribution in [2.75, 3.05) is 19.8 Å². The predicted molar refractivity (Wildman–Crippen MR) is 59.9 cm³/mol. The molecule has 2 N–H and O–H groups in total. The number of ether oxygens (including phenoxy) is 1. The fraction of sp³-hybridized carbons (Fsp3) is 0.909. The van der Waals surface area contributed by atoms with Crippen LogP contribution in [0.4, 0.5) is 9.18 Å². The largest absolute Gasteiger partial charge is 0.444 e. The number of hydrogen-bond acceptors (Lipinski definition) is 3. The summed E-state index contributed by atoms with van der Waals surface area (Å²) >= 11 is 0. The smallest absolute Gasteiger partial charge is 0.410 e. The van der Waals surface area contributed by atoms with Gasteiger partial charge in [0.25, 0.3) is 0 Å². The molecule has 0 aliphatic carbocycles. The van der Waals surface area contributed by atoms with Gasteiger partial charge in [-0.25, -0.2) is 9.18 Å². The van der Waals surface area contributed by atoms with E-state index in [0.29, 0.717) is 25.9 Å². The molecule has 0 saturated carbocycles. The fourth-order valence-corrected chi connectivity index (χ4v) is 1.59. The molecule has 0 atom stereocenters. The Morgan fingerprint density at radius 1 is 1.44 bits per heavy atom. The molecule has 0 aromatic heterocycles. The monoisotopic (exact) mass is 232 g/mol. The van der Waals surface area contributed by atoms with Crippen molar-refractivity contribution in [2.45, 2.75) is 44.8 Å². The Bertz CT molecular complexity index is 255. The van der Waals surface area contributed by atoms with E-state index in [4.69, 9.17) is 10.5 Å². The molecule has 1 saturated heterocycles. The molecule has 1 aliphatic heterocycles. The standard InChI is InChI=1S/C11H21FN2O2/c1-10(2,3)16-9(15)14-6-4-11(13,8-12)5-7-14/h4-8,13H2,1-3H3. The minimum atomic E-state index is -0.751. The first-order chi connectivity index (χ1) is 7.26. The molecule has 1 aliphatic rings. The summed E-state index contributed by atoms with van der Waals surface area (Å²) in [5, 5.41) is 0. The second-order valence-electron chi connectivity index (χ2n) is 5.46. The van der Waals surface area contributed by atoms with E-state index in [2.05, 4.69) is 0 Å². The SMILES string of the molecule is CC(C)(C)OC(=O)N1CCC(N)(CF)CC1. The van der Waals surface area contributed by atoms with Crippen molar-refractivity contribution in [1.82, 2.24) is 4.90 Å². The lowest BCUT2D eigenvalue weighted by Gasteiger charge is -2.37. The van der Waals surface area contributed by atoms with Crippen LogP contribution in [-0.2, 0) is 4.74 Å². The highest BCUT2D eigenvalue weighted by Gasteiger charge is 2.33. The van der Waals surface area contributed by atoms with Gasteiger partial charge in [-0.1, -0.05) is 0 Å². The van der Waals surface area contributed by atoms with E-state index >= 15 is 0 Å². The van der Waals surface area contributed by atoms with E-state index < -0.39 is 17.8 Å². The number of likely N-dealkylation sites (tertiary alicyclic amines) is 1. The van der Waals surface area contributed by atoms with Crippen molar-refractivity contribution < 1.29 is 13.9 Å². The molecule has 16 heavy (non-hydrogen) atoms. The third kappa shape index (κ3) is 3.63. The van der Waals surface area contributed by atoms with E-state index in [0.717, 1.165) is 0 Å². The van der Waals surface area contributed by atoms with Gasteiger partial charge in [-0.15, -0.1) is 0 Å². The van der Waals surface area contributed by atoms with Gasteiger partial charge in [-0.05, 0) is 33.6 Å². The molecule has 0 bridgehead atoms. The van der Waals surface area contributed by atoms with E-state index in [1.54, 1.807) is 4.90 Å². The topological polar surface area (TPSA) is 55.6 Å². The zero-order chi connectivity index (χ0) is 12.4. The van der Waals surface area contributed by atoms with Crippen LogP contribution in [0.5, 0.6) is 0 Å². The quantitative estimate of drug-likeness (QED) is 0.748. The Hall–Kier alpha value is -0.840. The molecule has 1 fully saturated rings. The maximum Gasteiger partial charge on any atom is 0.410 e. The molecular formula is C11H21FN2O2. The number of carbonyl (C=O) groups is 1. The maximum absolute atomic E-state index is 12.6. The first-order valence-electron chi connectivity index (χ1n) is 5.59. The average Bonchev–Trinajstić information content (AvgIpc) is 2.16. The van der Waals surface area contributed by atoms with Gasteiger partial charge in [0.2, 0.25) is 0 Å². The fourth-order valence-electron chi connectivity index (χ4n) is 1.59. The Morgan fingerprint density at radius 2 is 1.94 bits per heavy atom. The second-order valence-corrected chi connectivity index (χ2v) is 5.46. The van der Waals surface area contributed by atoms with E-state index in [1.807, 2.05) is 20.8 Å². The van der Waals surface area contributed by atoms with Gasteiger partial charge in [0.15, 0.2) is 0 Å². The highest BCUT2D eigenvalue weighted by atomic mass is 19.1. The molecule has 1 rings (SSSR count). The van der Waals surface area contributed by atoms with Crippen LogP contribution in [0.15, 0.2) is 0 Å². The van der Waals surface area contributed by atoms with E-state index in [-0.39, 0.29) is 6.09 Å². The van der Waals surface area contributed by atoms with Crippen molar-refractivity contribution in [3.63, 3.8) is 0 Å². The lowest BCUT2D eigenvalue weighted by atomic mass is 9.90. The van der Waals surface area contributed by atoms with Crippen molar-refractivity contribution >= 4 is 6.09 Å². The van der Waals surface area contributed by atoms with Crippen LogP contribution in [-0.4, -0.2) is 41.9 Å². The van der Waals surface area contributed by atoms with E-state index in [9.17, 15) is 9.18 Å². The van der Waals surface area contributed by atoms with Crippen molar-refractivity contribution in [3.8, 4) is 0 Å². The van der Waals surface area contributed by atoms with E-state index in [1.165, 1.54) is 0 Å². The van der Waals surface area contributed by atoms with Crippen LogP contribution in [0.2, 0.25) is 0 Å². The summed E-state index contributed by atoms with van der Waals surface area (Å²) in [6.45, 7) is 5.87. The second kappa shape index (κ2) is 4.57. The number of rotatable bonds is 1. The highest BCUT2D eigenvalue weighted by molar-refractivity contribution is 5.68. The van der Waals surface area contributed by atoms with Crippen LogP contribution in [0.3, 0.4) is 0 Å². The highest BCUT2D eigenvalue weighted by Crippen LogP contribution is 2.21. The van der Waals surface area contributed by atoms with Gasteiger partial charge >= 0.3 is 6.09 Å². The summed E-state index contributed by atoms with van der Waals surface area (Å²) in [5.41, 5.74) is 4.55. The van der Waals surface area contributed by atoms with Gasteiger partial charge in [0.1, 0.15) is 12.3 Å². The summed E-state index contributed by atoms with van der Waals surface area (Å²) in [6, 6.07) is 0. The number of halogens is 1. The number of nitrogens with zero attached hydrogens (tertiary/aromatic N) is 1. The number of piperidine rings is 1. The number of amides is 1. The number of alkyl halides is 1. The van der Waals surface area contributed by atoms with Crippen molar-refractivity contribution in [3.05, 3.63) is 0 Å². The van der Waals surface area contributed by atoms with Gasteiger partial charge in [-0.2, -0.15) is 0 Å². The van der Waals surface area contributed by atoms with Crippen molar-refractivity contribution in [1.29, 1.82) is 0 Å². The molecule has 1 amide bonds. The average molecular weight is 232 g/mol. The first-order valence-corrected chi connectivity index (χ1v) is 5.59. The lowest BCUT2D eigenvalue weighted by Crippen LogP contribution is -2.53. The van der Waals surface area contributed by atoms with Gasteiger partial charge in [0, 0.05) is 18.6 Å². The molecular weight excluding hydrogens is 211 g/mol. The minimum absolute atomic E-state index is 0.339. The molecule has 1 heterocycles. The van der Waals surface area contributed by atoms with Crippen LogP contribution in [0.1, 0.15) is 33.6 Å². The first kappa shape index (κ1) is 13.2. The molecule has 0 aromatic rings. The maximum atomic E-state index is 12.6. The Balaban J connectivity index is 2.45. The predicted octanol–water partition coefficient (Wildman–Crippen LogP) is 1.68. The molecule has 4 nitrogen and oxygen atoms in total. The lowest BCUT2D eigenvalue weighted by molar-refractivity contribution is 0.0156. The molecule has 0 unspecified atom stereocenters. The molecule has 0 radical (unpaired) electrons.